The van der Waals surface area contributed by atoms with E-state index in [1.807, 2.05) is 0 Å². The van der Waals surface area contributed by atoms with Crippen LogP contribution in [0.3, 0.4) is 0 Å². The number of aliphatic hydroxyl groups excluding tert-OH is 1. The minimum atomic E-state index is -4.46. The Balaban J connectivity index is 1.35. The highest BCUT2D eigenvalue weighted by Crippen LogP contribution is 2.61. The number of fused-ring (bicyclic) bond motifs is 1. The first-order valence-electron chi connectivity index (χ1n) is 16.4. The van der Waals surface area contributed by atoms with Gasteiger partial charge in [-0.15, -0.1) is 0 Å². The Bertz CT molecular complexity index is 1410. The van der Waals surface area contributed by atoms with Crippen molar-refractivity contribution in [3.8, 4) is 0 Å². The number of halogens is 3. The zero-order valence-corrected chi connectivity index (χ0v) is 28.2. The summed E-state index contributed by atoms with van der Waals surface area (Å²) in [6.45, 7) is 14.2. The van der Waals surface area contributed by atoms with E-state index < -0.39 is 26.2 Å². The Labute approximate surface area is 265 Å². The van der Waals surface area contributed by atoms with Gasteiger partial charge in [0.25, 0.3) is 0 Å². The van der Waals surface area contributed by atoms with Gasteiger partial charge in [-0.3, -0.25) is 9.97 Å². The predicted molar refractivity (Wildman–Crippen MR) is 169 cm³/mol. The van der Waals surface area contributed by atoms with Crippen molar-refractivity contribution in [1.82, 2.24) is 9.97 Å². The molecule has 2 atom stereocenters. The lowest BCUT2D eigenvalue weighted by molar-refractivity contribution is -0.137. The topological polar surface area (TPSA) is 73.7 Å². The van der Waals surface area contributed by atoms with Crippen molar-refractivity contribution in [3.63, 3.8) is 0 Å². The molecule has 1 N–H and O–H groups in total. The average molecular weight is 645 g/mol. The van der Waals surface area contributed by atoms with Gasteiger partial charge in [0.1, 0.15) is 0 Å². The predicted octanol–water partition coefficient (Wildman–Crippen LogP) is 8.33. The van der Waals surface area contributed by atoms with Crippen molar-refractivity contribution in [2.45, 2.75) is 108 Å². The molecule has 2 aromatic heterocycles. The van der Waals surface area contributed by atoms with Crippen molar-refractivity contribution in [3.05, 3.63) is 64.2 Å². The highest BCUT2D eigenvalue weighted by Gasteiger charge is 2.53. The lowest BCUT2D eigenvalue weighted by Gasteiger charge is -2.55. The van der Waals surface area contributed by atoms with Crippen molar-refractivity contribution in [2.24, 2.45) is 11.3 Å². The van der Waals surface area contributed by atoms with E-state index in [1.165, 1.54) is 22.8 Å². The van der Waals surface area contributed by atoms with Crippen LogP contribution in [0.2, 0.25) is 18.1 Å². The first kappa shape index (κ1) is 32.8. The van der Waals surface area contributed by atoms with Gasteiger partial charge in [0.15, 0.2) is 8.32 Å². The summed E-state index contributed by atoms with van der Waals surface area (Å²) in [5.41, 5.74) is 5.42. The van der Waals surface area contributed by atoms with E-state index in [9.17, 15) is 18.3 Å². The van der Waals surface area contributed by atoms with Crippen LogP contribution in [0.25, 0.3) is 5.57 Å². The van der Waals surface area contributed by atoms with Gasteiger partial charge in [-0.1, -0.05) is 26.8 Å². The Morgan fingerprint density at radius 3 is 2.38 bits per heavy atom. The molecule has 2 aliphatic heterocycles. The average Bonchev–Trinajstić information content (AvgIpc) is 2.98. The van der Waals surface area contributed by atoms with Crippen LogP contribution in [0, 0.1) is 11.3 Å². The molecule has 0 bridgehead atoms. The molecular formula is C35H47F3N2O4Si. The van der Waals surface area contributed by atoms with Crippen LogP contribution in [-0.2, 0) is 26.5 Å². The molecule has 0 unspecified atom stereocenters. The van der Waals surface area contributed by atoms with Crippen molar-refractivity contribution in [1.29, 1.82) is 0 Å². The number of aliphatic hydroxyl groups is 1. The molecule has 2 aliphatic carbocycles. The Morgan fingerprint density at radius 1 is 1.04 bits per heavy atom. The maximum absolute atomic E-state index is 13.1. The summed E-state index contributed by atoms with van der Waals surface area (Å²) < 4.78 is 58.0. The maximum atomic E-state index is 13.1. The molecule has 0 amide bonds. The smallest absolute Gasteiger partial charge is 0.410 e. The summed E-state index contributed by atoms with van der Waals surface area (Å²) >= 11 is 0. The first-order valence-corrected chi connectivity index (χ1v) is 19.3. The van der Waals surface area contributed by atoms with Crippen LogP contribution >= 0.6 is 0 Å². The zero-order chi connectivity index (χ0) is 32.2. The molecule has 2 aromatic rings. The van der Waals surface area contributed by atoms with Crippen molar-refractivity contribution >= 4 is 13.9 Å². The molecule has 1 saturated carbocycles. The number of hydrogen-bond donors (Lipinski definition) is 1. The molecule has 6 rings (SSSR count). The van der Waals surface area contributed by atoms with E-state index in [0.717, 1.165) is 81.8 Å². The number of ether oxygens (including phenoxy) is 2. The van der Waals surface area contributed by atoms with E-state index in [1.54, 1.807) is 0 Å². The molecule has 45 heavy (non-hydrogen) atoms. The van der Waals surface area contributed by atoms with Crippen LogP contribution in [0.1, 0.15) is 111 Å². The summed E-state index contributed by atoms with van der Waals surface area (Å²) in [7, 11) is -2.18. The minimum Gasteiger partial charge on any atom is -0.410 e. The van der Waals surface area contributed by atoms with E-state index in [0.29, 0.717) is 24.8 Å². The second-order valence-corrected chi connectivity index (χ2v) is 20.0. The molecule has 4 heterocycles. The fourth-order valence-corrected chi connectivity index (χ4v) is 8.76. The second-order valence-electron chi connectivity index (χ2n) is 15.2. The lowest BCUT2D eigenvalue weighted by Crippen LogP contribution is -2.49. The molecule has 6 nitrogen and oxygen atoms in total. The van der Waals surface area contributed by atoms with E-state index in [4.69, 9.17) is 18.9 Å². The molecule has 2 fully saturated rings. The van der Waals surface area contributed by atoms with Crippen LogP contribution < -0.4 is 0 Å². The Kier molecular flexibility index (Phi) is 8.87. The molecule has 10 heteroatoms. The van der Waals surface area contributed by atoms with Crippen LogP contribution in [0.15, 0.2) is 30.5 Å². The van der Waals surface area contributed by atoms with Crippen LogP contribution in [-0.4, -0.2) is 49.8 Å². The zero-order valence-electron chi connectivity index (χ0n) is 27.2. The Morgan fingerprint density at radius 2 is 1.78 bits per heavy atom. The van der Waals surface area contributed by atoms with Crippen molar-refractivity contribution in [2.75, 3.05) is 26.4 Å². The Hall–Kier alpha value is -2.11. The summed E-state index contributed by atoms with van der Waals surface area (Å²) in [6.07, 6.45) is 3.46. The fraction of sp³-hybridized carbons (Fsp3) is 0.657. The first-order chi connectivity index (χ1) is 21.2. The van der Waals surface area contributed by atoms with E-state index in [-0.39, 0.29) is 22.5 Å². The monoisotopic (exact) mass is 644 g/mol. The highest BCUT2D eigenvalue weighted by atomic mass is 28.4. The molecule has 1 saturated heterocycles. The van der Waals surface area contributed by atoms with E-state index in [2.05, 4.69) is 51.0 Å². The third kappa shape index (κ3) is 6.68. The molecule has 246 valence electrons. The van der Waals surface area contributed by atoms with Gasteiger partial charge >= 0.3 is 6.18 Å². The summed E-state index contributed by atoms with van der Waals surface area (Å²) in [4.78, 5) is 9.42. The van der Waals surface area contributed by atoms with E-state index >= 15 is 0 Å². The molecule has 0 radical (unpaired) electrons. The maximum Gasteiger partial charge on any atom is 0.417 e. The summed E-state index contributed by atoms with van der Waals surface area (Å²) in [5.74, 6) is 0.267. The van der Waals surface area contributed by atoms with Crippen LogP contribution in [0.5, 0.6) is 0 Å². The standard InChI is InChI=1S/C35H47F3N2O4Si/c1-33(2,3)45(4,5)44-30-20-34(17-24(18-34)32(41)27-7-6-25(21-39-27)35(36,37)38)19-29-31(30)26(22-8-12-42-13-9-22)16-28(40-29)23-10-14-43-15-11-23/h6-8,16,21,23-24,30,32,41H,9-15,17-20H2,1-5H3/t24?,30-,32-,34?/m0/s1. The molecule has 0 aromatic carbocycles. The van der Waals surface area contributed by atoms with Gasteiger partial charge in [-0.25, -0.2) is 0 Å². The fourth-order valence-electron chi connectivity index (χ4n) is 7.50. The van der Waals surface area contributed by atoms with Gasteiger partial charge in [-0.2, -0.15) is 13.2 Å². The molecule has 4 aliphatic rings. The molecule has 1 spiro atoms. The number of aromatic nitrogens is 2. The third-order valence-electron chi connectivity index (χ3n) is 11.1. The quantitative estimate of drug-likeness (QED) is 0.319. The third-order valence-corrected chi connectivity index (χ3v) is 15.6. The largest absolute Gasteiger partial charge is 0.417 e. The summed E-state index contributed by atoms with van der Waals surface area (Å²) in [5, 5.41) is 11.2. The van der Waals surface area contributed by atoms with Crippen LogP contribution in [0.4, 0.5) is 13.2 Å². The van der Waals surface area contributed by atoms with Gasteiger partial charge < -0.3 is 19.0 Å². The number of hydrogen-bond acceptors (Lipinski definition) is 6. The SMILES string of the molecule is CC(C)(C)[Si](C)(C)O[C@H]1CC2(Cc3nc(C4CCOCC4)cc(C4=CCOCC4)c31)CC([C@H](O)c1ccc(C(F)(F)F)cn1)C2. The minimum absolute atomic E-state index is 0.0257. The van der Waals surface area contributed by atoms with Gasteiger partial charge in [0.05, 0.1) is 36.7 Å². The van der Waals surface area contributed by atoms with Gasteiger partial charge in [0, 0.05) is 42.3 Å². The number of pyridine rings is 2. The molecular weight excluding hydrogens is 597 g/mol. The normalized spacial score (nSPS) is 27.1. The summed E-state index contributed by atoms with van der Waals surface area (Å²) in [6, 6.07) is 4.65. The highest BCUT2D eigenvalue weighted by molar-refractivity contribution is 6.74. The van der Waals surface area contributed by atoms with Gasteiger partial charge in [-0.05, 0) is 104 Å². The van der Waals surface area contributed by atoms with Gasteiger partial charge in [0.2, 0.25) is 0 Å². The van der Waals surface area contributed by atoms with Crippen molar-refractivity contribution < 1.29 is 32.2 Å². The number of alkyl halides is 3. The lowest BCUT2D eigenvalue weighted by atomic mass is 9.53. The second kappa shape index (κ2) is 12.2. The number of nitrogens with zero attached hydrogens (tertiary/aromatic N) is 2. The number of rotatable bonds is 6.